The third-order valence-corrected chi connectivity index (χ3v) is 4.11. The van der Waals surface area contributed by atoms with Gasteiger partial charge in [0.15, 0.2) is 0 Å². The largest absolute Gasteiger partial charge is 0.312 e. The van der Waals surface area contributed by atoms with Crippen LogP contribution in [0.2, 0.25) is 0 Å². The molecule has 96 valence electrons. The fraction of sp³-hybridized carbons (Fsp3) is 0.333. The Hall–Kier alpha value is -0.850. The summed E-state index contributed by atoms with van der Waals surface area (Å²) in [5.41, 5.74) is 1.86. The van der Waals surface area contributed by atoms with Crippen LogP contribution in [0.15, 0.2) is 22.7 Å². The molecule has 0 fully saturated rings. The molecule has 2 aromatic rings. The number of nitrogens with one attached hydrogen (secondary N) is 1. The van der Waals surface area contributed by atoms with Gasteiger partial charge in [0.2, 0.25) is 0 Å². The molecule has 1 aromatic carbocycles. The molecule has 0 amide bonds. The van der Waals surface area contributed by atoms with Crippen LogP contribution >= 0.6 is 27.5 Å². The molecule has 0 spiro atoms. The lowest BCUT2D eigenvalue weighted by molar-refractivity contribution is 0.588. The molecule has 3 nitrogen and oxygen atoms in total. The van der Waals surface area contributed by atoms with Crippen LogP contribution in [0.25, 0.3) is 0 Å². The second-order valence-electron chi connectivity index (χ2n) is 4.05. The van der Waals surface area contributed by atoms with Crippen molar-refractivity contribution in [2.24, 2.45) is 0 Å². The van der Waals surface area contributed by atoms with Crippen LogP contribution in [-0.4, -0.2) is 16.6 Å². The van der Waals surface area contributed by atoms with Gasteiger partial charge in [-0.05, 0) is 55.7 Å². The molecule has 1 unspecified atom stereocenters. The smallest absolute Gasteiger partial charge is 0.124 e. The van der Waals surface area contributed by atoms with Crippen LogP contribution in [0, 0.1) is 12.7 Å². The molecular weight excluding hydrogens is 317 g/mol. The SMILES string of the molecule is CNC(Cc1cc(F)cc(Br)c1)c1snnc1C. The number of aromatic nitrogens is 2. The van der Waals surface area contributed by atoms with Gasteiger partial charge in [0, 0.05) is 10.5 Å². The first kappa shape index (κ1) is 13.6. The third-order valence-electron chi connectivity index (χ3n) is 2.71. The van der Waals surface area contributed by atoms with E-state index in [1.165, 1.54) is 17.6 Å². The van der Waals surface area contributed by atoms with E-state index in [1.807, 2.05) is 20.0 Å². The molecule has 1 N–H and O–H groups in total. The van der Waals surface area contributed by atoms with Crippen LogP contribution in [-0.2, 0) is 6.42 Å². The zero-order chi connectivity index (χ0) is 13.1. The van der Waals surface area contributed by atoms with Gasteiger partial charge in [0.25, 0.3) is 0 Å². The van der Waals surface area contributed by atoms with E-state index < -0.39 is 0 Å². The molecule has 0 saturated heterocycles. The summed E-state index contributed by atoms with van der Waals surface area (Å²) < 4.78 is 18.0. The van der Waals surface area contributed by atoms with Gasteiger partial charge in [-0.2, -0.15) is 0 Å². The van der Waals surface area contributed by atoms with E-state index in [1.54, 1.807) is 6.07 Å². The van der Waals surface area contributed by atoms with Crippen molar-refractivity contribution in [2.75, 3.05) is 7.05 Å². The minimum atomic E-state index is -0.228. The summed E-state index contributed by atoms with van der Waals surface area (Å²) in [6, 6.07) is 5.05. The number of likely N-dealkylation sites (N-methyl/N-ethyl adjacent to an activating group) is 1. The van der Waals surface area contributed by atoms with Crippen molar-refractivity contribution in [3.8, 4) is 0 Å². The monoisotopic (exact) mass is 329 g/mol. The van der Waals surface area contributed by atoms with E-state index in [0.29, 0.717) is 6.42 Å². The van der Waals surface area contributed by atoms with Crippen molar-refractivity contribution in [3.05, 3.63) is 44.6 Å². The van der Waals surface area contributed by atoms with Gasteiger partial charge >= 0.3 is 0 Å². The van der Waals surface area contributed by atoms with Crippen molar-refractivity contribution in [3.63, 3.8) is 0 Å². The third kappa shape index (κ3) is 3.13. The molecule has 0 radical (unpaired) electrons. The zero-order valence-electron chi connectivity index (χ0n) is 10.1. The van der Waals surface area contributed by atoms with Crippen LogP contribution < -0.4 is 5.32 Å². The fourth-order valence-corrected chi connectivity index (χ4v) is 3.11. The van der Waals surface area contributed by atoms with Crippen LogP contribution in [0.1, 0.15) is 22.2 Å². The second kappa shape index (κ2) is 5.86. The Balaban J connectivity index is 2.23. The van der Waals surface area contributed by atoms with Crippen molar-refractivity contribution < 1.29 is 4.39 Å². The molecule has 1 aromatic heterocycles. The van der Waals surface area contributed by atoms with Gasteiger partial charge in [-0.3, -0.25) is 0 Å². The Bertz CT molecular complexity index is 524. The number of aryl methyl sites for hydroxylation is 1. The molecule has 18 heavy (non-hydrogen) atoms. The Morgan fingerprint density at radius 3 is 2.78 bits per heavy atom. The Labute approximate surface area is 118 Å². The summed E-state index contributed by atoms with van der Waals surface area (Å²) in [6.45, 7) is 1.94. The standard InChI is InChI=1S/C12H13BrFN3S/c1-7-12(18-17-16-7)11(15-2)5-8-3-9(13)6-10(14)4-8/h3-4,6,11,15H,5H2,1-2H3. The molecule has 0 aliphatic rings. The van der Waals surface area contributed by atoms with E-state index in [2.05, 4.69) is 30.8 Å². The maximum Gasteiger partial charge on any atom is 0.124 e. The van der Waals surface area contributed by atoms with Gasteiger partial charge in [-0.15, -0.1) is 5.10 Å². The highest BCUT2D eigenvalue weighted by atomic mass is 79.9. The normalized spacial score (nSPS) is 12.7. The minimum Gasteiger partial charge on any atom is -0.312 e. The number of hydrogen-bond acceptors (Lipinski definition) is 4. The van der Waals surface area contributed by atoms with Gasteiger partial charge < -0.3 is 5.32 Å². The lowest BCUT2D eigenvalue weighted by atomic mass is 10.0. The Morgan fingerprint density at radius 1 is 1.44 bits per heavy atom. The van der Waals surface area contributed by atoms with E-state index in [-0.39, 0.29) is 11.9 Å². The predicted octanol–water partition coefficient (Wildman–Crippen LogP) is 3.25. The fourth-order valence-electron chi connectivity index (χ4n) is 1.85. The number of halogens is 2. The van der Waals surface area contributed by atoms with Crippen molar-refractivity contribution >= 4 is 27.5 Å². The summed E-state index contributed by atoms with van der Waals surface area (Å²) in [7, 11) is 1.89. The maximum atomic E-state index is 13.3. The zero-order valence-corrected chi connectivity index (χ0v) is 12.5. The maximum absolute atomic E-state index is 13.3. The van der Waals surface area contributed by atoms with Crippen molar-refractivity contribution in [1.82, 2.24) is 14.9 Å². The first-order valence-electron chi connectivity index (χ1n) is 5.51. The minimum absolute atomic E-state index is 0.110. The topological polar surface area (TPSA) is 37.8 Å². The average molecular weight is 330 g/mol. The summed E-state index contributed by atoms with van der Waals surface area (Å²) in [4.78, 5) is 1.10. The van der Waals surface area contributed by atoms with E-state index in [4.69, 9.17) is 0 Å². The summed E-state index contributed by atoms with van der Waals surface area (Å²) in [6.07, 6.45) is 0.706. The molecule has 6 heteroatoms. The second-order valence-corrected chi connectivity index (χ2v) is 5.75. The molecule has 0 saturated carbocycles. The highest BCUT2D eigenvalue weighted by Gasteiger charge is 2.16. The molecule has 0 aliphatic carbocycles. The lowest BCUT2D eigenvalue weighted by Crippen LogP contribution is -2.18. The Morgan fingerprint density at radius 2 is 2.22 bits per heavy atom. The number of hydrogen-bond donors (Lipinski definition) is 1. The summed E-state index contributed by atoms with van der Waals surface area (Å²) >= 11 is 4.69. The van der Waals surface area contributed by atoms with Gasteiger partial charge in [-0.1, -0.05) is 20.4 Å². The van der Waals surface area contributed by atoms with Gasteiger partial charge in [-0.25, -0.2) is 4.39 Å². The first-order valence-corrected chi connectivity index (χ1v) is 7.08. The average Bonchev–Trinajstić information content (AvgIpc) is 2.71. The molecule has 0 aliphatic heterocycles. The molecule has 1 heterocycles. The predicted molar refractivity (Wildman–Crippen MR) is 74.3 cm³/mol. The highest BCUT2D eigenvalue weighted by molar-refractivity contribution is 9.10. The van der Waals surface area contributed by atoms with Crippen molar-refractivity contribution in [2.45, 2.75) is 19.4 Å². The van der Waals surface area contributed by atoms with E-state index in [9.17, 15) is 4.39 Å². The highest BCUT2D eigenvalue weighted by Crippen LogP contribution is 2.25. The number of rotatable bonds is 4. The van der Waals surface area contributed by atoms with Gasteiger partial charge in [0.1, 0.15) is 5.82 Å². The molecule has 1 atom stereocenters. The Kier molecular flexibility index (Phi) is 4.42. The van der Waals surface area contributed by atoms with Crippen LogP contribution in [0.4, 0.5) is 4.39 Å². The van der Waals surface area contributed by atoms with Gasteiger partial charge in [0.05, 0.1) is 10.6 Å². The quantitative estimate of drug-likeness (QED) is 0.935. The summed E-state index contributed by atoms with van der Waals surface area (Å²) in [5, 5.41) is 7.23. The van der Waals surface area contributed by atoms with E-state index >= 15 is 0 Å². The number of nitrogens with zero attached hydrogens (tertiary/aromatic N) is 2. The van der Waals surface area contributed by atoms with E-state index in [0.717, 1.165) is 20.6 Å². The van der Waals surface area contributed by atoms with Crippen LogP contribution in [0.5, 0.6) is 0 Å². The first-order chi connectivity index (χ1) is 8.60. The molecule has 2 rings (SSSR count). The summed E-state index contributed by atoms with van der Waals surface area (Å²) in [5.74, 6) is -0.228. The van der Waals surface area contributed by atoms with Crippen LogP contribution in [0.3, 0.4) is 0 Å². The molecular formula is C12H13BrFN3S. The number of benzene rings is 1. The lowest BCUT2D eigenvalue weighted by Gasteiger charge is -2.15. The van der Waals surface area contributed by atoms with Crippen molar-refractivity contribution in [1.29, 1.82) is 0 Å². The molecule has 0 bridgehead atoms.